The molecular formula is C34H48N2. The first-order valence-electron chi connectivity index (χ1n) is 14.6. The maximum absolute atomic E-state index is 3.66. The van der Waals surface area contributed by atoms with Gasteiger partial charge >= 0.3 is 0 Å². The summed E-state index contributed by atoms with van der Waals surface area (Å²) >= 11 is 0. The van der Waals surface area contributed by atoms with E-state index in [9.17, 15) is 0 Å². The zero-order valence-corrected chi connectivity index (χ0v) is 22.8. The highest BCUT2D eigenvalue weighted by Crippen LogP contribution is 2.27. The van der Waals surface area contributed by atoms with Gasteiger partial charge in [-0.05, 0) is 73.2 Å². The van der Waals surface area contributed by atoms with Crippen LogP contribution in [0, 0.1) is 0 Å². The number of anilines is 4. The molecule has 3 aromatic rings. The molecule has 0 saturated heterocycles. The van der Waals surface area contributed by atoms with Gasteiger partial charge in [0.05, 0.1) is 0 Å². The van der Waals surface area contributed by atoms with Crippen LogP contribution in [0.1, 0.15) is 102 Å². The molecule has 0 aliphatic carbocycles. The van der Waals surface area contributed by atoms with Crippen LogP contribution in [-0.4, -0.2) is 0 Å². The zero-order chi connectivity index (χ0) is 25.3. The molecule has 2 heteroatoms. The molecule has 0 fully saturated rings. The summed E-state index contributed by atoms with van der Waals surface area (Å²) in [6.45, 7) is 4.56. The fourth-order valence-corrected chi connectivity index (χ4v) is 4.86. The summed E-state index contributed by atoms with van der Waals surface area (Å²) in [5.41, 5.74) is 7.57. The van der Waals surface area contributed by atoms with Gasteiger partial charge in [0.15, 0.2) is 0 Å². The van der Waals surface area contributed by atoms with Crippen LogP contribution in [0.2, 0.25) is 0 Å². The lowest BCUT2D eigenvalue weighted by Gasteiger charge is -2.14. The molecule has 194 valence electrons. The molecule has 2 nitrogen and oxygen atoms in total. The van der Waals surface area contributed by atoms with Gasteiger partial charge < -0.3 is 10.6 Å². The van der Waals surface area contributed by atoms with E-state index >= 15 is 0 Å². The van der Waals surface area contributed by atoms with Crippen LogP contribution < -0.4 is 10.6 Å². The molecule has 0 heterocycles. The van der Waals surface area contributed by atoms with Crippen molar-refractivity contribution in [3.8, 4) is 0 Å². The van der Waals surface area contributed by atoms with Crippen LogP contribution in [0.3, 0.4) is 0 Å². The van der Waals surface area contributed by atoms with Crippen LogP contribution in [0.25, 0.3) is 0 Å². The summed E-state index contributed by atoms with van der Waals surface area (Å²) in [5.74, 6) is 0. The molecular weight excluding hydrogens is 436 g/mol. The average Bonchev–Trinajstić information content (AvgIpc) is 2.91. The maximum atomic E-state index is 3.66. The quantitative estimate of drug-likeness (QED) is 0.175. The topological polar surface area (TPSA) is 24.1 Å². The van der Waals surface area contributed by atoms with Crippen molar-refractivity contribution >= 4 is 22.7 Å². The minimum absolute atomic E-state index is 1.14. The minimum atomic E-state index is 1.14. The van der Waals surface area contributed by atoms with Gasteiger partial charge in [0.25, 0.3) is 0 Å². The van der Waals surface area contributed by atoms with Crippen LogP contribution in [-0.2, 0) is 12.8 Å². The monoisotopic (exact) mass is 484 g/mol. The van der Waals surface area contributed by atoms with Crippen molar-refractivity contribution < 1.29 is 0 Å². The van der Waals surface area contributed by atoms with Crippen LogP contribution in [0.5, 0.6) is 0 Å². The van der Waals surface area contributed by atoms with Gasteiger partial charge in [-0.3, -0.25) is 0 Å². The molecule has 0 aromatic heterocycles. The Kier molecular flexibility index (Phi) is 13.0. The fraction of sp³-hybridized carbons (Fsp3) is 0.471. The molecule has 0 spiro atoms. The van der Waals surface area contributed by atoms with Gasteiger partial charge in [0, 0.05) is 22.7 Å². The van der Waals surface area contributed by atoms with E-state index in [1.165, 1.54) is 99.6 Å². The minimum Gasteiger partial charge on any atom is -0.355 e. The Bertz CT molecular complexity index is 896. The number of nitrogens with one attached hydrogen (secondary N) is 2. The summed E-state index contributed by atoms with van der Waals surface area (Å²) in [6.07, 6.45) is 18.3. The molecule has 0 saturated carbocycles. The average molecular weight is 485 g/mol. The second kappa shape index (κ2) is 16.8. The third-order valence-electron chi connectivity index (χ3n) is 7.08. The zero-order valence-electron chi connectivity index (χ0n) is 22.8. The first kappa shape index (κ1) is 27.8. The van der Waals surface area contributed by atoms with Crippen molar-refractivity contribution in [2.24, 2.45) is 0 Å². The second-order valence-electron chi connectivity index (χ2n) is 10.2. The van der Waals surface area contributed by atoms with Gasteiger partial charge in [-0.25, -0.2) is 0 Å². The molecule has 0 aliphatic heterocycles. The van der Waals surface area contributed by atoms with Crippen molar-refractivity contribution in [3.63, 3.8) is 0 Å². The molecule has 3 rings (SSSR count). The summed E-state index contributed by atoms with van der Waals surface area (Å²) in [7, 11) is 0. The van der Waals surface area contributed by atoms with E-state index < -0.39 is 0 Å². The van der Waals surface area contributed by atoms with Gasteiger partial charge in [-0.15, -0.1) is 0 Å². The molecule has 0 aliphatic rings. The van der Waals surface area contributed by atoms with Crippen molar-refractivity contribution in [2.75, 3.05) is 10.6 Å². The molecule has 0 atom stereocenters. The first-order valence-corrected chi connectivity index (χ1v) is 14.6. The Hall–Kier alpha value is -2.74. The van der Waals surface area contributed by atoms with Crippen LogP contribution in [0.15, 0.2) is 72.8 Å². The van der Waals surface area contributed by atoms with E-state index in [1.807, 2.05) is 0 Å². The van der Waals surface area contributed by atoms with E-state index in [0.29, 0.717) is 0 Å². The normalized spacial score (nSPS) is 10.9. The van der Waals surface area contributed by atoms with Crippen molar-refractivity contribution in [3.05, 3.63) is 83.9 Å². The highest BCUT2D eigenvalue weighted by molar-refractivity contribution is 5.68. The standard InChI is InChI=1S/C34H48N2/c1-3-5-7-9-11-13-19-29-21-15-17-23-33(29)35-31-25-27-32(28-26-31)36-34-24-18-16-22-30(34)20-14-12-10-8-6-4-2/h15-18,21-28,35-36H,3-14,19-20H2,1-2H3. The Morgan fingerprint density at radius 3 is 1.19 bits per heavy atom. The highest BCUT2D eigenvalue weighted by Gasteiger charge is 2.05. The number of benzene rings is 3. The lowest BCUT2D eigenvalue weighted by Crippen LogP contribution is -1.98. The molecule has 3 aromatic carbocycles. The predicted octanol–water partition coefficient (Wildman–Crippen LogP) is 11.0. The second-order valence-corrected chi connectivity index (χ2v) is 10.2. The van der Waals surface area contributed by atoms with Gasteiger partial charge in [0.1, 0.15) is 0 Å². The van der Waals surface area contributed by atoms with Crippen molar-refractivity contribution in [1.29, 1.82) is 0 Å². The Balaban J connectivity index is 1.51. The third kappa shape index (κ3) is 10.1. The van der Waals surface area contributed by atoms with E-state index in [1.54, 1.807) is 0 Å². The molecule has 0 amide bonds. The van der Waals surface area contributed by atoms with E-state index in [0.717, 1.165) is 24.2 Å². The lowest BCUT2D eigenvalue weighted by molar-refractivity contribution is 0.608. The van der Waals surface area contributed by atoms with E-state index in [2.05, 4.69) is 97.3 Å². The largest absolute Gasteiger partial charge is 0.355 e. The summed E-state index contributed by atoms with van der Waals surface area (Å²) < 4.78 is 0. The van der Waals surface area contributed by atoms with Gasteiger partial charge in [0.2, 0.25) is 0 Å². The van der Waals surface area contributed by atoms with E-state index in [-0.39, 0.29) is 0 Å². The number of hydrogen-bond donors (Lipinski definition) is 2. The summed E-state index contributed by atoms with van der Waals surface area (Å²) in [4.78, 5) is 0. The van der Waals surface area contributed by atoms with Gasteiger partial charge in [-0.2, -0.15) is 0 Å². The number of rotatable bonds is 18. The lowest BCUT2D eigenvalue weighted by atomic mass is 10.0. The van der Waals surface area contributed by atoms with Crippen LogP contribution >= 0.6 is 0 Å². The number of hydrogen-bond acceptors (Lipinski definition) is 2. The summed E-state index contributed by atoms with van der Waals surface area (Å²) in [5, 5.41) is 7.31. The smallest absolute Gasteiger partial charge is 0.0416 e. The van der Waals surface area contributed by atoms with E-state index in [4.69, 9.17) is 0 Å². The SMILES string of the molecule is CCCCCCCCc1ccccc1Nc1ccc(Nc2ccccc2CCCCCCCC)cc1. The Morgan fingerprint density at radius 2 is 0.778 bits per heavy atom. The molecule has 2 N–H and O–H groups in total. The molecule has 0 unspecified atom stereocenters. The molecule has 0 bridgehead atoms. The fourth-order valence-electron chi connectivity index (χ4n) is 4.86. The van der Waals surface area contributed by atoms with Gasteiger partial charge in [-0.1, -0.05) is 114 Å². The summed E-state index contributed by atoms with van der Waals surface area (Å²) in [6, 6.07) is 26.2. The Labute approximate surface area is 220 Å². The first-order chi connectivity index (χ1) is 17.8. The number of unbranched alkanes of at least 4 members (excludes halogenated alkanes) is 10. The molecule has 0 radical (unpaired) electrons. The molecule has 36 heavy (non-hydrogen) atoms. The van der Waals surface area contributed by atoms with Crippen molar-refractivity contribution in [2.45, 2.75) is 104 Å². The highest BCUT2D eigenvalue weighted by atomic mass is 14.9. The third-order valence-corrected chi connectivity index (χ3v) is 7.08. The Morgan fingerprint density at radius 1 is 0.417 bits per heavy atom. The van der Waals surface area contributed by atoms with Crippen molar-refractivity contribution in [1.82, 2.24) is 0 Å². The maximum Gasteiger partial charge on any atom is 0.0416 e. The predicted molar refractivity (Wildman–Crippen MR) is 160 cm³/mol. The number of aryl methyl sites for hydroxylation is 2. The number of para-hydroxylation sites is 2. The van der Waals surface area contributed by atoms with Crippen LogP contribution in [0.4, 0.5) is 22.7 Å².